The molecule has 0 aromatic heterocycles. The molecule has 1 saturated heterocycles. The summed E-state index contributed by atoms with van der Waals surface area (Å²) in [5, 5.41) is 3.00. The predicted octanol–water partition coefficient (Wildman–Crippen LogP) is -0.211. The van der Waals surface area contributed by atoms with E-state index in [0.717, 1.165) is 39.0 Å². The third-order valence-corrected chi connectivity index (χ3v) is 4.74. The van der Waals surface area contributed by atoms with Crippen LogP contribution in [0.5, 0.6) is 0 Å². The van der Waals surface area contributed by atoms with Crippen LogP contribution >= 0.6 is 0 Å². The summed E-state index contributed by atoms with van der Waals surface area (Å²) in [4.78, 5) is 0. The molecule has 0 amide bonds. The van der Waals surface area contributed by atoms with Gasteiger partial charge in [-0.15, -0.1) is 0 Å². The van der Waals surface area contributed by atoms with Crippen molar-refractivity contribution >= 4 is 10.2 Å². The first kappa shape index (κ1) is 15.8. The number of nitrogens with one attached hydrogen (secondary N) is 2. The third kappa shape index (κ3) is 5.62. The van der Waals surface area contributed by atoms with Crippen molar-refractivity contribution < 1.29 is 13.2 Å². The van der Waals surface area contributed by atoms with Gasteiger partial charge in [-0.1, -0.05) is 0 Å². The molecular formula is C11H25N3O3S. The van der Waals surface area contributed by atoms with Gasteiger partial charge in [0.15, 0.2) is 0 Å². The van der Waals surface area contributed by atoms with Gasteiger partial charge < -0.3 is 10.1 Å². The third-order valence-electron chi connectivity index (χ3n) is 3.21. The fraction of sp³-hybridized carbons (Fsp3) is 1.00. The molecular weight excluding hydrogens is 254 g/mol. The quantitative estimate of drug-likeness (QED) is 0.603. The van der Waals surface area contributed by atoms with Gasteiger partial charge >= 0.3 is 0 Å². The zero-order valence-electron chi connectivity index (χ0n) is 11.3. The molecule has 0 bridgehead atoms. The molecule has 0 saturated carbocycles. The summed E-state index contributed by atoms with van der Waals surface area (Å²) >= 11 is 0. The lowest BCUT2D eigenvalue weighted by molar-refractivity contribution is 0.0677. The average Bonchev–Trinajstić information content (AvgIpc) is 2.38. The van der Waals surface area contributed by atoms with Gasteiger partial charge in [-0.25, -0.2) is 4.72 Å². The SMILES string of the molecule is CNCCCN(C)S(=O)(=O)NCC1CCOCC1. The molecule has 7 heteroatoms. The van der Waals surface area contributed by atoms with Gasteiger partial charge in [0.25, 0.3) is 10.2 Å². The maximum absolute atomic E-state index is 11.9. The lowest BCUT2D eigenvalue weighted by atomic mass is 10.0. The Hall–Kier alpha value is -0.210. The second-order valence-electron chi connectivity index (χ2n) is 4.69. The van der Waals surface area contributed by atoms with E-state index < -0.39 is 10.2 Å². The predicted molar refractivity (Wildman–Crippen MR) is 71.6 cm³/mol. The molecule has 108 valence electrons. The first-order valence-electron chi connectivity index (χ1n) is 6.49. The van der Waals surface area contributed by atoms with Gasteiger partial charge in [-0.3, -0.25) is 0 Å². The minimum absolute atomic E-state index is 0.402. The summed E-state index contributed by atoms with van der Waals surface area (Å²) in [5.74, 6) is 0.402. The highest BCUT2D eigenvalue weighted by Gasteiger charge is 2.20. The molecule has 1 aliphatic rings. The fourth-order valence-corrected chi connectivity index (χ4v) is 2.92. The Morgan fingerprint density at radius 2 is 2.00 bits per heavy atom. The molecule has 1 fully saturated rings. The highest BCUT2D eigenvalue weighted by molar-refractivity contribution is 7.87. The first-order valence-corrected chi connectivity index (χ1v) is 7.93. The Bertz CT molecular complexity index is 315. The molecule has 1 rings (SSSR count). The zero-order chi connectivity index (χ0) is 13.4. The van der Waals surface area contributed by atoms with Crippen LogP contribution in [0.25, 0.3) is 0 Å². The van der Waals surface area contributed by atoms with Gasteiger partial charge in [0.2, 0.25) is 0 Å². The van der Waals surface area contributed by atoms with E-state index in [-0.39, 0.29) is 0 Å². The molecule has 2 N–H and O–H groups in total. The molecule has 0 aromatic carbocycles. The minimum Gasteiger partial charge on any atom is -0.381 e. The summed E-state index contributed by atoms with van der Waals surface area (Å²) in [5.41, 5.74) is 0. The first-order chi connectivity index (χ1) is 8.56. The Kier molecular flexibility index (Phi) is 7.10. The molecule has 0 aliphatic carbocycles. The molecule has 18 heavy (non-hydrogen) atoms. The molecule has 6 nitrogen and oxygen atoms in total. The van der Waals surface area contributed by atoms with E-state index in [1.54, 1.807) is 7.05 Å². The van der Waals surface area contributed by atoms with Crippen molar-refractivity contribution in [2.24, 2.45) is 5.92 Å². The van der Waals surface area contributed by atoms with Gasteiger partial charge in [0.05, 0.1) is 0 Å². The number of rotatable bonds is 8. The van der Waals surface area contributed by atoms with Crippen LogP contribution in [0.15, 0.2) is 0 Å². The molecule has 0 radical (unpaired) electrons. The second kappa shape index (κ2) is 8.06. The maximum atomic E-state index is 11.9. The highest BCUT2D eigenvalue weighted by atomic mass is 32.2. The molecule has 0 spiro atoms. The number of hydrogen-bond donors (Lipinski definition) is 2. The molecule has 0 unspecified atom stereocenters. The summed E-state index contributed by atoms with van der Waals surface area (Å²) in [6, 6.07) is 0. The van der Waals surface area contributed by atoms with E-state index in [9.17, 15) is 8.42 Å². The van der Waals surface area contributed by atoms with Crippen molar-refractivity contribution in [3.05, 3.63) is 0 Å². The molecule has 0 aromatic rings. The standard InChI is InChI=1S/C11H25N3O3S/c1-12-6-3-7-14(2)18(15,16)13-10-11-4-8-17-9-5-11/h11-13H,3-10H2,1-2H3. The van der Waals surface area contributed by atoms with Crippen LogP contribution < -0.4 is 10.0 Å². The van der Waals surface area contributed by atoms with Crippen LogP contribution in [0.3, 0.4) is 0 Å². The van der Waals surface area contributed by atoms with E-state index in [1.165, 1.54) is 4.31 Å². The van der Waals surface area contributed by atoms with Crippen LogP contribution in [-0.4, -0.2) is 59.7 Å². The van der Waals surface area contributed by atoms with Crippen molar-refractivity contribution in [3.63, 3.8) is 0 Å². The Labute approximate surface area is 110 Å². The molecule has 1 aliphatic heterocycles. The maximum Gasteiger partial charge on any atom is 0.279 e. The molecule has 1 heterocycles. The fourth-order valence-electron chi connectivity index (χ4n) is 1.88. The molecule has 0 atom stereocenters. The minimum atomic E-state index is -3.33. The van der Waals surface area contributed by atoms with Crippen LogP contribution in [0.4, 0.5) is 0 Å². The van der Waals surface area contributed by atoms with E-state index in [4.69, 9.17) is 4.74 Å². The number of nitrogens with zero attached hydrogens (tertiary/aromatic N) is 1. The van der Waals surface area contributed by atoms with E-state index in [1.807, 2.05) is 7.05 Å². The Morgan fingerprint density at radius 1 is 1.33 bits per heavy atom. The van der Waals surface area contributed by atoms with E-state index in [0.29, 0.717) is 19.0 Å². The lowest BCUT2D eigenvalue weighted by Crippen LogP contribution is -2.42. The van der Waals surface area contributed by atoms with Crippen LogP contribution in [0.2, 0.25) is 0 Å². The average molecular weight is 279 g/mol. The number of hydrogen-bond acceptors (Lipinski definition) is 4. The van der Waals surface area contributed by atoms with Crippen LogP contribution in [0, 0.1) is 5.92 Å². The topological polar surface area (TPSA) is 70.7 Å². The van der Waals surface area contributed by atoms with Crippen molar-refractivity contribution in [1.29, 1.82) is 0 Å². The van der Waals surface area contributed by atoms with Crippen molar-refractivity contribution in [3.8, 4) is 0 Å². The van der Waals surface area contributed by atoms with Crippen molar-refractivity contribution in [2.45, 2.75) is 19.3 Å². The van der Waals surface area contributed by atoms with Gasteiger partial charge in [0.1, 0.15) is 0 Å². The normalized spacial score (nSPS) is 18.4. The summed E-state index contributed by atoms with van der Waals surface area (Å²) < 4.78 is 33.2. The second-order valence-corrected chi connectivity index (χ2v) is 6.55. The van der Waals surface area contributed by atoms with Crippen LogP contribution in [0.1, 0.15) is 19.3 Å². The van der Waals surface area contributed by atoms with E-state index in [2.05, 4.69) is 10.0 Å². The van der Waals surface area contributed by atoms with Gasteiger partial charge in [-0.2, -0.15) is 12.7 Å². The van der Waals surface area contributed by atoms with Crippen molar-refractivity contribution in [2.75, 3.05) is 46.9 Å². The lowest BCUT2D eigenvalue weighted by Gasteiger charge is -2.24. The van der Waals surface area contributed by atoms with Crippen LogP contribution in [-0.2, 0) is 14.9 Å². The number of ether oxygens (including phenoxy) is 1. The smallest absolute Gasteiger partial charge is 0.279 e. The van der Waals surface area contributed by atoms with E-state index >= 15 is 0 Å². The summed E-state index contributed by atoms with van der Waals surface area (Å²) in [6.07, 6.45) is 2.68. The summed E-state index contributed by atoms with van der Waals surface area (Å²) in [7, 11) is 0.147. The largest absolute Gasteiger partial charge is 0.381 e. The summed E-state index contributed by atoms with van der Waals surface area (Å²) in [6.45, 7) is 3.35. The monoisotopic (exact) mass is 279 g/mol. The zero-order valence-corrected chi connectivity index (χ0v) is 12.1. The Morgan fingerprint density at radius 3 is 2.61 bits per heavy atom. The highest BCUT2D eigenvalue weighted by Crippen LogP contribution is 2.13. The van der Waals surface area contributed by atoms with Crippen molar-refractivity contribution in [1.82, 2.24) is 14.3 Å². The van der Waals surface area contributed by atoms with Gasteiger partial charge in [0, 0.05) is 33.4 Å². The van der Waals surface area contributed by atoms with Gasteiger partial charge in [-0.05, 0) is 38.8 Å². The Balaban J connectivity index is 2.28.